The van der Waals surface area contributed by atoms with E-state index in [2.05, 4.69) is 0 Å². The van der Waals surface area contributed by atoms with E-state index in [1.165, 1.54) is 18.2 Å². The number of carboxylic acids is 1. The molecule has 5 heteroatoms. The summed E-state index contributed by atoms with van der Waals surface area (Å²) in [6.45, 7) is 2.97. The lowest BCUT2D eigenvalue weighted by Gasteiger charge is -2.12. The molecule has 0 aromatic heterocycles. The van der Waals surface area contributed by atoms with Crippen LogP contribution in [0.25, 0.3) is 0 Å². The maximum Gasteiger partial charge on any atom is 0.335 e. The minimum Gasteiger partial charge on any atom is -0.488 e. The Morgan fingerprint density at radius 1 is 1.41 bits per heavy atom. The van der Waals surface area contributed by atoms with Gasteiger partial charge in [-0.25, -0.2) is 13.6 Å². The van der Waals surface area contributed by atoms with E-state index in [1.54, 1.807) is 0 Å². The van der Waals surface area contributed by atoms with Gasteiger partial charge in [0.05, 0.1) is 5.56 Å². The molecule has 0 atom stereocenters. The van der Waals surface area contributed by atoms with Crippen molar-refractivity contribution in [2.45, 2.75) is 26.2 Å². The third kappa shape index (κ3) is 3.69. The first kappa shape index (κ1) is 13.4. The molecule has 0 aliphatic heterocycles. The number of carbonyl (C=O) groups is 1. The predicted molar refractivity (Wildman–Crippen MR) is 59.0 cm³/mol. The number of hydrogen-bond donors (Lipinski definition) is 1. The molecule has 0 spiro atoms. The van der Waals surface area contributed by atoms with E-state index in [0.717, 1.165) is 0 Å². The molecule has 17 heavy (non-hydrogen) atoms. The normalized spacial score (nSPS) is 10.9. The molecule has 94 valence electrons. The number of benzene rings is 1. The van der Waals surface area contributed by atoms with Crippen molar-refractivity contribution in [3.8, 4) is 5.75 Å². The largest absolute Gasteiger partial charge is 0.488 e. The summed E-state index contributed by atoms with van der Waals surface area (Å²) < 4.78 is 28.8. The van der Waals surface area contributed by atoms with Crippen LogP contribution in [0.15, 0.2) is 18.2 Å². The predicted octanol–water partition coefficient (Wildman–Crippen LogP) is 3.15. The van der Waals surface area contributed by atoms with Crippen LogP contribution in [0, 0.1) is 0 Å². The van der Waals surface area contributed by atoms with Crippen molar-refractivity contribution >= 4 is 5.97 Å². The smallest absolute Gasteiger partial charge is 0.335 e. The maximum absolute atomic E-state index is 12.0. The third-order valence-corrected chi connectivity index (χ3v) is 2.25. The molecule has 0 unspecified atom stereocenters. The Hall–Kier alpha value is -1.65. The van der Waals surface area contributed by atoms with E-state index in [-0.39, 0.29) is 17.2 Å². The maximum atomic E-state index is 12.0. The third-order valence-electron chi connectivity index (χ3n) is 2.25. The summed E-state index contributed by atoms with van der Waals surface area (Å²) in [4.78, 5) is 10.9. The van der Waals surface area contributed by atoms with Gasteiger partial charge in [0.2, 0.25) is 0 Å². The first-order valence-electron chi connectivity index (χ1n) is 5.20. The Morgan fingerprint density at radius 3 is 2.53 bits per heavy atom. The quantitative estimate of drug-likeness (QED) is 0.865. The van der Waals surface area contributed by atoms with Gasteiger partial charge in [0, 0.05) is 0 Å². The van der Waals surface area contributed by atoms with E-state index in [1.807, 2.05) is 13.8 Å². The number of ether oxygens (including phenoxy) is 1. The van der Waals surface area contributed by atoms with Crippen LogP contribution in [0.2, 0.25) is 0 Å². The van der Waals surface area contributed by atoms with Crippen molar-refractivity contribution in [1.29, 1.82) is 0 Å². The summed E-state index contributed by atoms with van der Waals surface area (Å²) in [5.74, 6) is -0.788. The fraction of sp³-hybridized carbons (Fsp3) is 0.417. The molecule has 0 saturated carbocycles. The van der Waals surface area contributed by atoms with Crippen LogP contribution in [-0.2, 0) is 0 Å². The van der Waals surface area contributed by atoms with Crippen LogP contribution in [0.1, 0.15) is 35.7 Å². The number of alkyl halides is 2. The van der Waals surface area contributed by atoms with E-state index in [0.29, 0.717) is 5.56 Å². The van der Waals surface area contributed by atoms with Crippen molar-refractivity contribution in [1.82, 2.24) is 0 Å². The zero-order chi connectivity index (χ0) is 13.0. The average Bonchev–Trinajstić information content (AvgIpc) is 2.25. The van der Waals surface area contributed by atoms with Crippen molar-refractivity contribution in [3.05, 3.63) is 29.3 Å². The highest BCUT2D eigenvalue weighted by Gasteiger charge is 2.14. The van der Waals surface area contributed by atoms with Gasteiger partial charge in [-0.1, -0.05) is 13.8 Å². The molecule has 0 amide bonds. The minimum absolute atomic E-state index is 0.0174. The summed E-state index contributed by atoms with van der Waals surface area (Å²) in [6, 6.07) is 4.26. The lowest BCUT2D eigenvalue weighted by Crippen LogP contribution is -2.09. The molecule has 0 fully saturated rings. The molecule has 0 aliphatic carbocycles. The summed E-state index contributed by atoms with van der Waals surface area (Å²) in [5, 5.41) is 8.96. The summed E-state index contributed by atoms with van der Waals surface area (Å²) in [6.07, 6.45) is -2.54. The Balaban J connectivity index is 2.97. The van der Waals surface area contributed by atoms with Crippen LogP contribution in [0.4, 0.5) is 8.78 Å². The van der Waals surface area contributed by atoms with Crippen molar-refractivity contribution in [2.24, 2.45) is 0 Å². The lowest BCUT2D eigenvalue weighted by atomic mass is 9.97. The van der Waals surface area contributed by atoms with Gasteiger partial charge in [-0.05, 0) is 29.7 Å². The van der Waals surface area contributed by atoms with Crippen LogP contribution in [0.3, 0.4) is 0 Å². The molecule has 1 aromatic carbocycles. The highest BCUT2D eigenvalue weighted by molar-refractivity contribution is 5.89. The molecule has 0 heterocycles. The fourth-order valence-electron chi connectivity index (χ4n) is 1.46. The molecule has 0 radical (unpaired) electrons. The van der Waals surface area contributed by atoms with Gasteiger partial charge >= 0.3 is 5.97 Å². The van der Waals surface area contributed by atoms with Gasteiger partial charge < -0.3 is 9.84 Å². The molecular weight excluding hydrogens is 230 g/mol. The lowest BCUT2D eigenvalue weighted by molar-refractivity contribution is 0.0693. The molecule has 1 N–H and O–H groups in total. The molecule has 0 saturated heterocycles. The zero-order valence-corrected chi connectivity index (χ0v) is 9.61. The Morgan fingerprint density at radius 2 is 2.06 bits per heavy atom. The van der Waals surface area contributed by atoms with Gasteiger partial charge in [0.25, 0.3) is 6.43 Å². The minimum atomic E-state index is -2.54. The number of carboxylic acid groups (broad SMARTS) is 1. The number of hydrogen-bond acceptors (Lipinski definition) is 2. The average molecular weight is 244 g/mol. The molecular formula is C12H14F2O3. The molecule has 1 rings (SSSR count). The fourth-order valence-corrected chi connectivity index (χ4v) is 1.46. The topological polar surface area (TPSA) is 46.5 Å². The molecule has 0 bridgehead atoms. The van der Waals surface area contributed by atoms with Crippen LogP contribution >= 0.6 is 0 Å². The second-order valence-corrected chi connectivity index (χ2v) is 3.91. The number of rotatable bonds is 5. The van der Waals surface area contributed by atoms with Crippen LogP contribution in [-0.4, -0.2) is 24.1 Å². The first-order valence-corrected chi connectivity index (χ1v) is 5.20. The number of aromatic carboxylic acids is 1. The Kier molecular flexibility index (Phi) is 4.43. The molecule has 0 aliphatic rings. The highest BCUT2D eigenvalue weighted by Crippen LogP contribution is 2.25. The van der Waals surface area contributed by atoms with Crippen LogP contribution < -0.4 is 4.74 Å². The summed E-state index contributed by atoms with van der Waals surface area (Å²) in [5.41, 5.74) is 0.744. The highest BCUT2D eigenvalue weighted by atomic mass is 19.3. The van der Waals surface area contributed by atoms with Crippen LogP contribution in [0.5, 0.6) is 5.75 Å². The van der Waals surface area contributed by atoms with Gasteiger partial charge in [0.1, 0.15) is 12.4 Å². The van der Waals surface area contributed by atoms with Gasteiger partial charge in [-0.3, -0.25) is 0 Å². The SMILES string of the molecule is CC(C)c1cc(OCC(F)F)ccc1C(=O)O. The standard InChI is InChI=1S/C12H14F2O3/c1-7(2)10-5-8(17-6-11(13)14)3-4-9(10)12(15)16/h3-5,7,11H,6H2,1-2H3,(H,15,16). The van der Waals surface area contributed by atoms with Crippen molar-refractivity contribution < 1.29 is 23.4 Å². The van der Waals surface area contributed by atoms with Gasteiger partial charge in [0.15, 0.2) is 0 Å². The molecule has 3 nitrogen and oxygen atoms in total. The second-order valence-electron chi connectivity index (χ2n) is 3.91. The van der Waals surface area contributed by atoms with E-state index in [9.17, 15) is 13.6 Å². The van der Waals surface area contributed by atoms with Gasteiger partial charge in [-0.15, -0.1) is 0 Å². The van der Waals surface area contributed by atoms with E-state index < -0.39 is 19.0 Å². The van der Waals surface area contributed by atoms with Gasteiger partial charge in [-0.2, -0.15) is 0 Å². The number of halogens is 2. The first-order chi connectivity index (χ1) is 7.91. The second kappa shape index (κ2) is 5.61. The summed E-state index contributed by atoms with van der Waals surface area (Å²) >= 11 is 0. The van der Waals surface area contributed by atoms with Crippen molar-refractivity contribution in [3.63, 3.8) is 0 Å². The van der Waals surface area contributed by atoms with E-state index in [4.69, 9.17) is 9.84 Å². The Labute approximate surface area is 98.0 Å². The van der Waals surface area contributed by atoms with Crippen molar-refractivity contribution in [2.75, 3.05) is 6.61 Å². The summed E-state index contributed by atoms with van der Waals surface area (Å²) in [7, 11) is 0. The zero-order valence-electron chi connectivity index (χ0n) is 9.61. The van der Waals surface area contributed by atoms with E-state index >= 15 is 0 Å². The molecule has 1 aromatic rings. The Bertz CT molecular complexity index is 403. The monoisotopic (exact) mass is 244 g/mol.